The number of ether oxygens (including phenoxy) is 1. The van der Waals surface area contributed by atoms with Gasteiger partial charge in [0.05, 0.1) is 12.7 Å². The predicted molar refractivity (Wildman–Crippen MR) is 64.4 cm³/mol. The van der Waals surface area contributed by atoms with Gasteiger partial charge >= 0.3 is 11.9 Å². The molecule has 7 heteroatoms. The summed E-state index contributed by atoms with van der Waals surface area (Å²) < 4.78 is 4.42. The molecule has 0 fully saturated rings. The number of esters is 1. The first kappa shape index (κ1) is 14.6. The SMILES string of the molecule is COC(=O)CC[C@H](NC(=O)c1cccnc1)C(=O)O. The van der Waals surface area contributed by atoms with Crippen LogP contribution in [-0.2, 0) is 14.3 Å². The lowest BCUT2D eigenvalue weighted by atomic mass is 10.1. The Morgan fingerprint density at radius 3 is 2.74 bits per heavy atom. The minimum Gasteiger partial charge on any atom is -0.480 e. The van der Waals surface area contributed by atoms with E-state index >= 15 is 0 Å². The molecular weight excluding hydrogens is 252 g/mol. The zero-order valence-corrected chi connectivity index (χ0v) is 10.3. The van der Waals surface area contributed by atoms with Crippen LogP contribution in [0, 0.1) is 0 Å². The summed E-state index contributed by atoms with van der Waals surface area (Å²) in [5.41, 5.74) is 0.256. The van der Waals surface area contributed by atoms with Gasteiger partial charge < -0.3 is 15.2 Å². The highest BCUT2D eigenvalue weighted by Crippen LogP contribution is 2.02. The van der Waals surface area contributed by atoms with E-state index in [2.05, 4.69) is 15.0 Å². The number of aromatic nitrogens is 1. The van der Waals surface area contributed by atoms with Crippen molar-refractivity contribution < 1.29 is 24.2 Å². The van der Waals surface area contributed by atoms with Gasteiger partial charge in [-0.1, -0.05) is 0 Å². The molecule has 19 heavy (non-hydrogen) atoms. The van der Waals surface area contributed by atoms with Crippen molar-refractivity contribution in [1.82, 2.24) is 10.3 Å². The molecule has 1 heterocycles. The van der Waals surface area contributed by atoms with E-state index in [1.165, 1.54) is 25.6 Å². The molecule has 0 aliphatic rings. The van der Waals surface area contributed by atoms with Gasteiger partial charge in [0.2, 0.25) is 0 Å². The second-order valence-electron chi connectivity index (χ2n) is 3.72. The van der Waals surface area contributed by atoms with Crippen LogP contribution in [0.4, 0.5) is 0 Å². The van der Waals surface area contributed by atoms with Crippen LogP contribution in [-0.4, -0.2) is 41.1 Å². The fourth-order valence-electron chi connectivity index (χ4n) is 1.36. The summed E-state index contributed by atoms with van der Waals surface area (Å²) in [6, 6.07) is 1.94. The van der Waals surface area contributed by atoms with Crippen LogP contribution < -0.4 is 5.32 Å². The Morgan fingerprint density at radius 1 is 1.47 bits per heavy atom. The quantitative estimate of drug-likeness (QED) is 0.713. The predicted octanol–water partition coefficient (Wildman–Crippen LogP) is 0.218. The van der Waals surface area contributed by atoms with Gasteiger partial charge in [0, 0.05) is 18.8 Å². The van der Waals surface area contributed by atoms with Crippen molar-refractivity contribution in [1.29, 1.82) is 0 Å². The highest BCUT2D eigenvalue weighted by molar-refractivity contribution is 5.96. The van der Waals surface area contributed by atoms with Gasteiger partial charge in [0.15, 0.2) is 0 Å². The molecule has 7 nitrogen and oxygen atoms in total. The summed E-state index contributed by atoms with van der Waals surface area (Å²) in [6.07, 6.45) is 2.71. The molecule has 0 aliphatic carbocycles. The first-order valence-corrected chi connectivity index (χ1v) is 5.55. The van der Waals surface area contributed by atoms with Crippen molar-refractivity contribution in [2.75, 3.05) is 7.11 Å². The van der Waals surface area contributed by atoms with Crippen molar-refractivity contribution in [3.63, 3.8) is 0 Å². The number of nitrogens with zero attached hydrogens (tertiary/aromatic N) is 1. The molecule has 1 aromatic rings. The Hall–Kier alpha value is -2.44. The molecule has 0 spiro atoms. The van der Waals surface area contributed by atoms with E-state index in [1.807, 2.05) is 0 Å². The molecule has 102 valence electrons. The van der Waals surface area contributed by atoms with Crippen LogP contribution >= 0.6 is 0 Å². The van der Waals surface area contributed by atoms with Crippen molar-refractivity contribution >= 4 is 17.8 Å². The Balaban J connectivity index is 2.61. The van der Waals surface area contributed by atoms with E-state index in [0.717, 1.165) is 0 Å². The number of carboxylic acids is 1. The molecule has 1 rings (SSSR count). The van der Waals surface area contributed by atoms with Gasteiger partial charge in [-0.2, -0.15) is 0 Å². The fourth-order valence-corrected chi connectivity index (χ4v) is 1.36. The molecule has 1 aromatic heterocycles. The second-order valence-corrected chi connectivity index (χ2v) is 3.72. The number of aliphatic carboxylic acids is 1. The summed E-state index contributed by atoms with van der Waals surface area (Å²) in [4.78, 5) is 37.4. The van der Waals surface area contributed by atoms with Gasteiger partial charge in [-0.3, -0.25) is 14.6 Å². The van der Waals surface area contributed by atoms with Crippen LogP contribution in [0.2, 0.25) is 0 Å². The minimum atomic E-state index is -1.21. The number of carboxylic acid groups (broad SMARTS) is 1. The van der Waals surface area contributed by atoms with Crippen molar-refractivity contribution in [3.05, 3.63) is 30.1 Å². The molecule has 0 aliphatic heterocycles. The number of carbonyl (C=O) groups is 3. The highest BCUT2D eigenvalue weighted by atomic mass is 16.5. The molecule has 1 atom stereocenters. The first-order valence-electron chi connectivity index (χ1n) is 5.55. The summed E-state index contributed by atoms with van der Waals surface area (Å²) in [6.45, 7) is 0. The molecule has 0 bridgehead atoms. The second kappa shape index (κ2) is 7.10. The number of amides is 1. The van der Waals surface area contributed by atoms with Gasteiger partial charge in [0.25, 0.3) is 5.91 Å². The van der Waals surface area contributed by atoms with Crippen molar-refractivity contribution in [2.24, 2.45) is 0 Å². The van der Waals surface area contributed by atoms with Gasteiger partial charge in [-0.25, -0.2) is 4.79 Å². The Morgan fingerprint density at radius 2 is 2.21 bits per heavy atom. The Bertz CT molecular complexity index is 460. The smallest absolute Gasteiger partial charge is 0.326 e. The van der Waals surface area contributed by atoms with Gasteiger partial charge in [-0.15, -0.1) is 0 Å². The normalized spacial score (nSPS) is 11.4. The Kier molecular flexibility index (Phi) is 5.46. The number of hydrogen-bond acceptors (Lipinski definition) is 5. The van der Waals surface area contributed by atoms with Crippen LogP contribution in [0.3, 0.4) is 0 Å². The number of hydrogen-bond donors (Lipinski definition) is 2. The van der Waals surface area contributed by atoms with E-state index in [4.69, 9.17) is 5.11 Å². The molecule has 0 saturated carbocycles. The summed E-state index contributed by atoms with van der Waals surface area (Å²) in [7, 11) is 1.21. The molecule has 0 radical (unpaired) electrons. The average Bonchev–Trinajstić information content (AvgIpc) is 2.43. The summed E-state index contributed by atoms with van der Waals surface area (Å²) in [5, 5.41) is 11.3. The van der Waals surface area contributed by atoms with E-state index in [-0.39, 0.29) is 18.4 Å². The maximum absolute atomic E-state index is 11.7. The summed E-state index contributed by atoms with van der Waals surface area (Å²) >= 11 is 0. The standard InChI is InChI=1S/C12H14N2O5/c1-19-10(15)5-4-9(12(17)18)14-11(16)8-3-2-6-13-7-8/h2-3,6-7,9H,4-5H2,1H3,(H,14,16)(H,17,18)/t9-/m0/s1. The third-order valence-corrected chi connectivity index (χ3v) is 2.39. The molecule has 0 unspecified atom stereocenters. The number of nitrogens with one attached hydrogen (secondary N) is 1. The maximum atomic E-state index is 11.7. The van der Waals surface area contributed by atoms with Crippen LogP contribution in [0.1, 0.15) is 23.2 Å². The maximum Gasteiger partial charge on any atom is 0.326 e. The average molecular weight is 266 g/mol. The molecule has 2 N–H and O–H groups in total. The van der Waals surface area contributed by atoms with E-state index < -0.39 is 23.9 Å². The van der Waals surface area contributed by atoms with E-state index in [1.54, 1.807) is 6.07 Å². The fraction of sp³-hybridized carbons (Fsp3) is 0.333. The van der Waals surface area contributed by atoms with E-state index in [0.29, 0.717) is 0 Å². The molecule has 0 saturated heterocycles. The highest BCUT2D eigenvalue weighted by Gasteiger charge is 2.21. The lowest BCUT2D eigenvalue weighted by molar-refractivity contribution is -0.142. The first-order chi connectivity index (χ1) is 9.04. The largest absolute Gasteiger partial charge is 0.480 e. The number of rotatable bonds is 6. The lowest BCUT2D eigenvalue weighted by Crippen LogP contribution is -2.41. The monoisotopic (exact) mass is 266 g/mol. The molecule has 0 aromatic carbocycles. The minimum absolute atomic E-state index is 0.0337. The van der Waals surface area contributed by atoms with Crippen molar-refractivity contribution in [2.45, 2.75) is 18.9 Å². The lowest BCUT2D eigenvalue weighted by Gasteiger charge is -2.13. The molecular formula is C12H14N2O5. The van der Waals surface area contributed by atoms with Crippen LogP contribution in [0.5, 0.6) is 0 Å². The van der Waals surface area contributed by atoms with Gasteiger partial charge in [0.1, 0.15) is 6.04 Å². The van der Waals surface area contributed by atoms with Crippen LogP contribution in [0.25, 0.3) is 0 Å². The zero-order chi connectivity index (χ0) is 14.3. The number of carbonyl (C=O) groups excluding carboxylic acids is 2. The van der Waals surface area contributed by atoms with Crippen LogP contribution in [0.15, 0.2) is 24.5 Å². The third-order valence-electron chi connectivity index (χ3n) is 2.39. The zero-order valence-electron chi connectivity index (χ0n) is 10.3. The number of pyridine rings is 1. The Labute approximate surface area is 109 Å². The third kappa shape index (κ3) is 4.74. The van der Waals surface area contributed by atoms with Gasteiger partial charge in [-0.05, 0) is 18.6 Å². The molecule has 1 amide bonds. The summed E-state index contributed by atoms with van der Waals surface area (Å²) in [5.74, 6) is -2.28. The van der Waals surface area contributed by atoms with E-state index in [9.17, 15) is 14.4 Å². The topological polar surface area (TPSA) is 106 Å². The number of methoxy groups -OCH3 is 1. The van der Waals surface area contributed by atoms with Crippen molar-refractivity contribution in [3.8, 4) is 0 Å².